The molecule has 2 amide bonds. The predicted molar refractivity (Wildman–Crippen MR) is 77.2 cm³/mol. The Morgan fingerprint density at radius 2 is 1.95 bits per heavy atom. The van der Waals surface area contributed by atoms with E-state index < -0.39 is 0 Å². The van der Waals surface area contributed by atoms with E-state index in [0.717, 1.165) is 0 Å². The van der Waals surface area contributed by atoms with Gasteiger partial charge in [-0.15, -0.1) is 11.3 Å². The second-order valence-electron chi connectivity index (χ2n) is 3.71. The topological polar surface area (TPSA) is 80.3 Å². The number of aromatic nitrogens is 1. The van der Waals surface area contributed by atoms with E-state index in [4.69, 9.17) is 4.74 Å². The first kappa shape index (κ1) is 17.6. The van der Waals surface area contributed by atoms with Crippen molar-refractivity contribution in [3.05, 3.63) is 41.4 Å². The second kappa shape index (κ2) is 8.78. The molecular weight excluding hydrogens is 301 g/mol. The number of carbonyl (C=O) groups excluding carboxylic acids is 2. The van der Waals surface area contributed by atoms with Crippen LogP contribution in [0.5, 0.6) is 0 Å². The number of esters is 1. The number of anilines is 2. The number of urea groups is 1. The van der Waals surface area contributed by atoms with Crippen LogP contribution in [-0.4, -0.2) is 23.6 Å². The summed E-state index contributed by atoms with van der Waals surface area (Å²) in [6.07, 6.45) is 1.61. The Morgan fingerprint density at radius 1 is 1.24 bits per heavy atom. The van der Waals surface area contributed by atoms with E-state index in [9.17, 15) is 9.59 Å². The van der Waals surface area contributed by atoms with Crippen molar-refractivity contribution in [2.45, 2.75) is 6.92 Å². The van der Waals surface area contributed by atoms with Crippen molar-refractivity contribution >= 4 is 34.2 Å². The maximum atomic E-state index is 11.7. The minimum absolute atomic E-state index is 0. The van der Waals surface area contributed by atoms with Crippen LogP contribution in [-0.2, 0) is 4.74 Å². The van der Waals surface area contributed by atoms with E-state index in [1.165, 1.54) is 11.3 Å². The van der Waals surface area contributed by atoms with Crippen LogP contribution in [0.2, 0.25) is 0 Å². The van der Waals surface area contributed by atoms with Gasteiger partial charge < -0.3 is 10.1 Å². The number of nitrogens with one attached hydrogen (secondary N) is 2. The third-order valence-electron chi connectivity index (χ3n) is 2.31. The van der Waals surface area contributed by atoms with Crippen molar-refractivity contribution in [3.8, 4) is 0 Å². The molecule has 0 spiro atoms. The number of rotatable bonds is 4. The van der Waals surface area contributed by atoms with Gasteiger partial charge in [0.05, 0.1) is 12.2 Å². The summed E-state index contributed by atoms with van der Waals surface area (Å²) in [4.78, 5) is 27.1. The van der Waals surface area contributed by atoms with Crippen molar-refractivity contribution in [2.75, 3.05) is 17.2 Å². The number of hydrogen-bond donors (Lipinski definition) is 2. The van der Waals surface area contributed by atoms with Gasteiger partial charge in [-0.25, -0.2) is 14.6 Å². The van der Waals surface area contributed by atoms with Gasteiger partial charge in [0.25, 0.3) is 0 Å². The summed E-state index contributed by atoms with van der Waals surface area (Å²) >= 11 is 1.33. The second-order valence-corrected chi connectivity index (χ2v) is 4.61. The molecule has 2 N–H and O–H groups in total. The predicted octanol–water partition coefficient (Wildman–Crippen LogP) is -0.0322. The normalized spacial score (nSPS) is 9.38. The third-order valence-corrected chi connectivity index (χ3v) is 3.00. The van der Waals surface area contributed by atoms with Crippen LogP contribution in [0.25, 0.3) is 0 Å². The molecule has 104 valence electrons. The maximum Gasteiger partial charge on any atom is 1.00 e. The van der Waals surface area contributed by atoms with Gasteiger partial charge in [0, 0.05) is 17.3 Å². The fraction of sp³-hybridized carbons (Fsp3) is 0.154. The first-order valence-electron chi connectivity index (χ1n) is 5.93. The summed E-state index contributed by atoms with van der Waals surface area (Å²) in [5.74, 6) is -0.383. The zero-order valence-electron chi connectivity index (χ0n) is 11.8. The fourth-order valence-electron chi connectivity index (χ4n) is 1.45. The molecule has 8 heteroatoms. The van der Waals surface area contributed by atoms with Gasteiger partial charge in [-0.2, -0.15) is 0 Å². The molecule has 0 bridgehead atoms. The van der Waals surface area contributed by atoms with E-state index in [2.05, 4.69) is 15.6 Å². The molecule has 1 aromatic carbocycles. The van der Waals surface area contributed by atoms with E-state index >= 15 is 0 Å². The Kier molecular flexibility index (Phi) is 7.38. The summed E-state index contributed by atoms with van der Waals surface area (Å²) in [5.41, 5.74) is 1.02. The van der Waals surface area contributed by atoms with Gasteiger partial charge in [-0.1, -0.05) is 0 Å². The van der Waals surface area contributed by atoms with Crippen LogP contribution in [0, 0.1) is 0 Å². The molecular formula is C13H13N3NaO3S+. The van der Waals surface area contributed by atoms with Crippen molar-refractivity contribution in [3.63, 3.8) is 0 Å². The number of carbonyl (C=O) groups is 2. The van der Waals surface area contributed by atoms with Crippen LogP contribution in [0.15, 0.2) is 35.8 Å². The van der Waals surface area contributed by atoms with Gasteiger partial charge in [0.1, 0.15) is 0 Å². The number of thiazole rings is 1. The van der Waals surface area contributed by atoms with Gasteiger partial charge in [-0.3, -0.25) is 5.32 Å². The molecule has 0 fully saturated rings. The molecule has 21 heavy (non-hydrogen) atoms. The molecule has 0 saturated heterocycles. The van der Waals surface area contributed by atoms with Gasteiger partial charge in [-0.05, 0) is 31.2 Å². The Morgan fingerprint density at radius 3 is 2.52 bits per heavy atom. The van der Waals surface area contributed by atoms with Crippen LogP contribution < -0.4 is 40.2 Å². The summed E-state index contributed by atoms with van der Waals surface area (Å²) in [6, 6.07) is 6.07. The molecule has 0 aliphatic rings. The van der Waals surface area contributed by atoms with Crippen LogP contribution in [0.3, 0.4) is 0 Å². The largest absolute Gasteiger partial charge is 1.00 e. The molecule has 6 nitrogen and oxygen atoms in total. The van der Waals surface area contributed by atoms with Crippen molar-refractivity contribution in [1.29, 1.82) is 0 Å². The van der Waals surface area contributed by atoms with E-state index in [1.807, 2.05) is 0 Å². The van der Waals surface area contributed by atoms with Gasteiger partial charge >= 0.3 is 41.6 Å². The van der Waals surface area contributed by atoms with Gasteiger partial charge in [0.2, 0.25) is 0 Å². The molecule has 0 radical (unpaired) electrons. The van der Waals surface area contributed by atoms with E-state index in [-0.39, 0.29) is 41.6 Å². The fourth-order valence-corrected chi connectivity index (χ4v) is 1.97. The van der Waals surface area contributed by atoms with E-state index in [1.54, 1.807) is 42.8 Å². The van der Waals surface area contributed by atoms with Crippen LogP contribution >= 0.6 is 11.3 Å². The Balaban J connectivity index is 0.00000220. The van der Waals surface area contributed by atoms with E-state index in [0.29, 0.717) is 23.0 Å². The zero-order valence-corrected chi connectivity index (χ0v) is 14.6. The number of hydrogen-bond acceptors (Lipinski definition) is 5. The summed E-state index contributed by atoms with van der Waals surface area (Å²) in [5, 5.41) is 7.52. The number of nitrogens with zero attached hydrogens (tertiary/aromatic N) is 1. The number of benzene rings is 1. The summed E-state index contributed by atoms with van der Waals surface area (Å²) in [7, 11) is 0. The van der Waals surface area contributed by atoms with Crippen molar-refractivity contribution < 1.29 is 43.9 Å². The molecule has 2 aromatic rings. The van der Waals surface area contributed by atoms with Gasteiger partial charge in [0.15, 0.2) is 5.13 Å². The first-order chi connectivity index (χ1) is 9.69. The molecule has 1 aromatic heterocycles. The zero-order chi connectivity index (χ0) is 14.4. The average molecular weight is 314 g/mol. The quantitative estimate of drug-likeness (QED) is 0.613. The maximum absolute atomic E-state index is 11.7. The Bertz CT molecular complexity index is 587. The minimum atomic E-state index is -0.385. The number of amides is 2. The Hall–Kier alpha value is -1.41. The van der Waals surface area contributed by atoms with Crippen molar-refractivity contribution in [2.24, 2.45) is 0 Å². The molecule has 2 rings (SSSR count). The molecule has 0 atom stereocenters. The van der Waals surface area contributed by atoms with Crippen LogP contribution in [0.1, 0.15) is 17.3 Å². The standard InChI is InChI=1S/C13H13N3O3S.Na/c1-2-19-11(17)9-3-5-10(6-4-9)15-12(18)16-13-14-7-8-20-13;/h3-8H,2H2,1H3,(H2,14,15,16,18);/q;+1. The number of ether oxygens (including phenoxy) is 1. The SMILES string of the molecule is CCOC(=O)c1ccc(NC(=O)Nc2nccs2)cc1.[Na+]. The van der Waals surface area contributed by atoms with Crippen molar-refractivity contribution in [1.82, 2.24) is 4.98 Å². The third kappa shape index (κ3) is 5.47. The molecule has 0 saturated carbocycles. The monoisotopic (exact) mass is 314 g/mol. The Labute approximate surface area is 148 Å². The molecule has 1 heterocycles. The minimum Gasteiger partial charge on any atom is -0.462 e. The average Bonchev–Trinajstić information content (AvgIpc) is 2.92. The molecule has 0 unspecified atom stereocenters. The summed E-state index contributed by atoms with van der Waals surface area (Å²) in [6.45, 7) is 2.08. The molecule has 0 aliphatic heterocycles. The van der Waals surface area contributed by atoms with Crippen LogP contribution in [0.4, 0.5) is 15.6 Å². The molecule has 0 aliphatic carbocycles. The smallest absolute Gasteiger partial charge is 0.462 e. The first-order valence-corrected chi connectivity index (χ1v) is 6.81. The summed E-state index contributed by atoms with van der Waals surface area (Å²) < 4.78 is 4.87.